The average molecular weight is 485 g/mol. The van der Waals surface area contributed by atoms with Gasteiger partial charge in [0.1, 0.15) is 0 Å². The van der Waals surface area contributed by atoms with Gasteiger partial charge >= 0.3 is 0 Å². The van der Waals surface area contributed by atoms with Crippen molar-refractivity contribution in [3.63, 3.8) is 0 Å². The third-order valence-electron chi connectivity index (χ3n) is 4.72. The first-order chi connectivity index (χ1) is 17.5. The van der Waals surface area contributed by atoms with Crippen LogP contribution in [0.4, 0.5) is 34.9 Å². The summed E-state index contributed by atoms with van der Waals surface area (Å²) in [5, 5.41) is 32.0. The lowest BCUT2D eigenvalue weighted by Crippen LogP contribution is -2.09. The second-order valence-electron chi connectivity index (χ2n) is 7.30. The number of hydrogen-bond donors (Lipinski definition) is 3. The Morgan fingerprint density at radius 1 is 0.778 bits per heavy atom. The van der Waals surface area contributed by atoms with Crippen LogP contribution in [0.15, 0.2) is 84.0 Å². The van der Waals surface area contributed by atoms with Crippen LogP contribution in [0.1, 0.15) is 11.1 Å². The van der Waals surface area contributed by atoms with E-state index in [1.807, 2.05) is 30.3 Å². The number of nitro groups is 2. The number of aromatic nitrogens is 3. The van der Waals surface area contributed by atoms with Gasteiger partial charge in [-0.15, -0.1) is 0 Å². The SMILES string of the molecule is O=[N+]([O-])c1ccc(Nc2nc(NCc3ccccc3)nc(N/N=C/c3cccc([N+](=O)[O-])c3)n2)cc1. The van der Waals surface area contributed by atoms with Crippen molar-refractivity contribution in [1.29, 1.82) is 0 Å². The van der Waals surface area contributed by atoms with Gasteiger partial charge in [0.25, 0.3) is 11.4 Å². The first-order valence-corrected chi connectivity index (χ1v) is 10.6. The van der Waals surface area contributed by atoms with Crippen molar-refractivity contribution < 1.29 is 9.85 Å². The van der Waals surface area contributed by atoms with Gasteiger partial charge in [-0.3, -0.25) is 20.2 Å². The molecule has 0 radical (unpaired) electrons. The van der Waals surface area contributed by atoms with Crippen molar-refractivity contribution in [3.05, 3.63) is 110 Å². The number of hydrogen-bond acceptors (Lipinski definition) is 11. The lowest BCUT2D eigenvalue weighted by Gasteiger charge is -2.10. The van der Waals surface area contributed by atoms with E-state index in [4.69, 9.17) is 0 Å². The second-order valence-corrected chi connectivity index (χ2v) is 7.30. The van der Waals surface area contributed by atoms with Crippen LogP contribution in [-0.4, -0.2) is 31.0 Å². The summed E-state index contributed by atoms with van der Waals surface area (Å²) in [6, 6.07) is 21.4. The van der Waals surface area contributed by atoms with E-state index in [0.29, 0.717) is 17.8 Å². The molecule has 36 heavy (non-hydrogen) atoms. The number of benzene rings is 3. The number of rotatable bonds is 10. The van der Waals surface area contributed by atoms with Crippen LogP contribution in [0.3, 0.4) is 0 Å². The summed E-state index contributed by atoms with van der Waals surface area (Å²) < 4.78 is 0. The fourth-order valence-electron chi connectivity index (χ4n) is 3.02. The van der Waals surface area contributed by atoms with E-state index in [9.17, 15) is 20.2 Å². The van der Waals surface area contributed by atoms with Crippen LogP contribution >= 0.6 is 0 Å². The minimum absolute atomic E-state index is 0.0424. The van der Waals surface area contributed by atoms with Gasteiger partial charge in [0, 0.05) is 42.1 Å². The Bertz CT molecular complexity index is 1400. The van der Waals surface area contributed by atoms with Crippen LogP contribution in [-0.2, 0) is 6.54 Å². The largest absolute Gasteiger partial charge is 0.350 e. The number of non-ortho nitro benzene ring substituents is 2. The van der Waals surface area contributed by atoms with Crippen LogP contribution in [0, 0.1) is 20.2 Å². The molecule has 0 spiro atoms. The molecule has 4 rings (SSSR count). The van der Waals surface area contributed by atoms with Gasteiger partial charge in [0.05, 0.1) is 16.1 Å². The molecular weight excluding hydrogens is 466 g/mol. The molecular formula is C23H19N9O4. The van der Waals surface area contributed by atoms with E-state index in [1.165, 1.54) is 42.6 Å². The topological polar surface area (TPSA) is 173 Å². The van der Waals surface area contributed by atoms with E-state index >= 15 is 0 Å². The molecule has 0 bridgehead atoms. The van der Waals surface area contributed by atoms with Crippen LogP contribution < -0.4 is 16.1 Å². The average Bonchev–Trinajstić information content (AvgIpc) is 2.88. The molecule has 0 aliphatic rings. The zero-order chi connectivity index (χ0) is 25.3. The summed E-state index contributed by atoms with van der Waals surface area (Å²) in [6.07, 6.45) is 1.40. The van der Waals surface area contributed by atoms with Crippen molar-refractivity contribution >= 4 is 41.1 Å². The highest BCUT2D eigenvalue weighted by Crippen LogP contribution is 2.20. The lowest BCUT2D eigenvalue weighted by atomic mass is 10.2. The quantitative estimate of drug-likeness (QED) is 0.165. The highest BCUT2D eigenvalue weighted by molar-refractivity contribution is 5.81. The summed E-state index contributed by atoms with van der Waals surface area (Å²) in [4.78, 5) is 33.8. The first-order valence-electron chi connectivity index (χ1n) is 10.6. The standard InChI is InChI=1S/C23H19N9O4/c33-31(34)19-11-9-18(10-12-19)26-22-27-21(24-14-16-5-2-1-3-6-16)28-23(29-22)30-25-15-17-7-4-8-20(13-17)32(35)36/h1-13,15H,14H2,(H3,24,26,27,28,29,30)/b25-15+. The fourth-order valence-corrected chi connectivity index (χ4v) is 3.02. The summed E-state index contributed by atoms with van der Waals surface area (Å²) in [7, 11) is 0. The molecule has 0 unspecified atom stereocenters. The molecule has 0 fully saturated rings. The van der Waals surface area contributed by atoms with Crippen molar-refractivity contribution in [3.8, 4) is 0 Å². The first kappa shape index (κ1) is 23.7. The number of anilines is 4. The van der Waals surface area contributed by atoms with Gasteiger partial charge in [-0.25, -0.2) is 5.43 Å². The van der Waals surface area contributed by atoms with Crippen LogP contribution in [0.5, 0.6) is 0 Å². The monoisotopic (exact) mass is 485 g/mol. The number of nitrogens with one attached hydrogen (secondary N) is 3. The van der Waals surface area contributed by atoms with E-state index < -0.39 is 9.85 Å². The second kappa shape index (κ2) is 11.1. The molecule has 1 heterocycles. The third kappa shape index (κ3) is 6.54. The molecule has 0 aliphatic heterocycles. The lowest BCUT2D eigenvalue weighted by molar-refractivity contribution is -0.385. The summed E-state index contributed by atoms with van der Waals surface area (Å²) in [5.74, 6) is 0.528. The van der Waals surface area contributed by atoms with Crippen molar-refractivity contribution in [1.82, 2.24) is 15.0 Å². The molecule has 13 heteroatoms. The van der Waals surface area contributed by atoms with E-state index in [0.717, 1.165) is 5.56 Å². The molecule has 0 atom stereocenters. The zero-order valence-corrected chi connectivity index (χ0v) is 18.6. The Kier molecular flexibility index (Phi) is 7.31. The molecule has 1 aromatic heterocycles. The normalized spacial score (nSPS) is 10.7. The maximum absolute atomic E-state index is 11.0. The predicted octanol–water partition coefficient (Wildman–Crippen LogP) is 4.49. The summed E-state index contributed by atoms with van der Waals surface area (Å²) >= 11 is 0. The Hall–Kier alpha value is -5.46. The molecule has 0 saturated heterocycles. The Morgan fingerprint density at radius 2 is 1.47 bits per heavy atom. The van der Waals surface area contributed by atoms with Gasteiger partial charge < -0.3 is 10.6 Å². The van der Waals surface area contributed by atoms with E-state index in [1.54, 1.807) is 12.1 Å². The van der Waals surface area contributed by atoms with Crippen molar-refractivity contribution in [2.75, 3.05) is 16.1 Å². The van der Waals surface area contributed by atoms with Gasteiger partial charge in [0.15, 0.2) is 0 Å². The van der Waals surface area contributed by atoms with Gasteiger partial charge in [-0.05, 0) is 17.7 Å². The molecule has 3 N–H and O–H groups in total. The Labute approximate surface area is 204 Å². The minimum Gasteiger partial charge on any atom is -0.350 e. The highest BCUT2D eigenvalue weighted by Gasteiger charge is 2.09. The molecule has 0 saturated carbocycles. The molecule has 0 amide bonds. The number of hydrazone groups is 1. The van der Waals surface area contributed by atoms with E-state index in [2.05, 4.69) is 36.1 Å². The van der Waals surface area contributed by atoms with E-state index in [-0.39, 0.29) is 29.2 Å². The van der Waals surface area contributed by atoms with Crippen molar-refractivity contribution in [2.45, 2.75) is 6.54 Å². The third-order valence-corrected chi connectivity index (χ3v) is 4.72. The smallest absolute Gasteiger partial charge is 0.270 e. The maximum atomic E-state index is 11.0. The Morgan fingerprint density at radius 3 is 2.19 bits per heavy atom. The molecule has 180 valence electrons. The summed E-state index contributed by atoms with van der Waals surface area (Å²) in [6.45, 7) is 0.457. The van der Waals surface area contributed by atoms with Crippen molar-refractivity contribution in [2.24, 2.45) is 5.10 Å². The zero-order valence-electron chi connectivity index (χ0n) is 18.6. The predicted molar refractivity (Wildman–Crippen MR) is 134 cm³/mol. The van der Waals surface area contributed by atoms with Gasteiger partial charge in [-0.1, -0.05) is 42.5 Å². The molecule has 4 aromatic rings. The number of nitro benzene ring substituents is 2. The Balaban J connectivity index is 1.54. The highest BCUT2D eigenvalue weighted by atomic mass is 16.6. The maximum Gasteiger partial charge on any atom is 0.270 e. The molecule has 13 nitrogen and oxygen atoms in total. The van der Waals surface area contributed by atoms with Crippen LogP contribution in [0.2, 0.25) is 0 Å². The fraction of sp³-hybridized carbons (Fsp3) is 0.0435. The summed E-state index contributed by atoms with van der Waals surface area (Å²) in [5.41, 5.74) is 4.66. The number of nitrogens with zero attached hydrogens (tertiary/aromatic N) is 6. The molecule has 3 aromatic carbocycles. The van der Waals surface area contributed by atoms with Gasteiger partial charge in [0.2, 0.25) is 17.8 Å². The van der Waals surface area contributed by atoms with Crippen LogP contribution in [0.25, 0.3) is 0 Å². The van der Waals surface area contributed by atoms with Gasteiger partial charge in [-0.2, -0.15) is 20.1 Å². The minimum atomic E-state index is -0.489. The molecule has 0 aliphatic carbocycles.